The van der Waals surface area contributed by atoms with Gasteiger partial charge in [0, 0.05) is 20.8 Å². The van der Waals surface area contributed by atoms with Gasteiger partial charge in [-0.2, -0.15) is 0 Å². The normalized spacial score (nSPS) is 12.4. The van der Waals surface area contributed by atoms with Gasteiger partial charge in [-0.1, -0.05) is 11.6 Å². The van der Waals surface area contributed by atoms with E-state index in [0.29, 0.717) is 0 Å². The van der Waals surface area contributed by atoms with Crippen molar-refractivity contribution in [1.29, 1.82) is 0 Å². The van der Waals surface area contributed by atoms with Crippen molar-refractivity contribution < 1.29 is 4.74 Å². The fraction of sp³-hybridized carbons (Fsp3) is 0.375. The van der Waals surface area contributed by atoms with E-state index < -0.39 is 0 Å². The second-order valence-corrected chi connectivity index (χ2v) is 6.61. The number of ether oxygens (including phenoxy) is 1. The summed E-state index contributed by atoms with van der Waals surface area (Å²) in [6.07, 6.45) is 0.861. The molecule has 1 atom stereocenters. The molecule has 1 aromatic carbocycles. The molecule has 2 aromatic rings. The summed E-state index contributed by atoms with van der Waals surface area (Å²) in [7, 11) is 3.69. The van der Waals surface area contributed by atoms with Gasteiger partial charge in [-0.05, 0) is 62.7 Å². The van der Waals surface area contributed by atoms with Crippen LogP contribution in [0.4, 0.5) is 0 Å². The number of hydrogen-bond donors (Lipinski definition) is 1. The number of rotatable bonds is 5. The van der Waals surface area contributed by atoms with E-state index in [1.165, 1.54) is 15.3 Å². The van der Waals surface area contributed by atoms with Gasteiger partial charge in [-0.25, -0.2) is 0 Å². The molecular formula is C16H20ClNOS. The Morgan fingerprint density at radius 3 is 2.60 bits per heavy atom. The molecule has 2 nitrogen and oxygen atoms in total. The van der Waals surface area contributed by atoms with E-state index in [-0.39, 0.29) is 6.04 Å². The Labute approximate surface area is 129 Å². The van der Waals surface area contributed by atoms with E-state index >= 15 is 0 Å². The molecule has 108 valence electrons. The number of likely N-dealkylation sites (N-methyl/N-ethyl adjacent to an activating group) is 1. The molecule has 0 saturated heterocycles. The summed E-state index contributed by atoms with van der Waals surface area (Å²) in [5.41, 5.74) is 2.48. The van der Waals surface area contributed by atoms with Crippen molar-refractivity contribution in [3.8, 4) is 5.75 Å². The third-order valence-electron chi connectivity index (χ3n) is 3.54. The Kier molecular flexibility index (Phi) is 5.08. The molecule has 0 radical (unpaired) electrons. The van der Waals surface area contributed by atoms with Crippen LogP contribution in [-0.2, 0) is 6.42 Å². The molecule has 0 spiro atoms. The third kappa shape index (κ3) is 3.35. The van der Waals surface area contributed by atoms with Crippen molar-refractivity contribution in [2.24, 2.45) is 0 Å². The molecular weight excluding hydrogens is 290 g/mol. The first-order valence-corrected chi connectivity index (χ1v) is 7.81. The van der Waals surface area contributed by atoms with Crippen LogP contribution in [0.15, 0.2) is 24.3 Å². The Hall–Kier alpha value is -1.03. The van der Waals surface area contributed by atoms with E-state index in [2.05, 4.69) is 25.2 Å². The van der Waals surface area contributed by atoms with Crippen LogP contribution in [-0.4, -0.2) is 14.2 Å². The molecule has 1 heterocycles. The molecule has 0 amide bonds. The average molecular weight is 310 g/mol. The topological polar surface area (TPSA) is 21.3 Å². The lowest BCUT2D eigenvalue weighted by Gasteiger charge is -2.17. The first-order chi connectivity index (χ1) is 9.55. The lowest BCUT2D eigenvalue weighted by molar-refractivity contribution is 0.406. The maximum Gasteiger partial charge on any atom is 0.122 e. The number of thiophene rings is 1. The minimum absolute atomic E-state index is 0.278. The average Bonchev–Trinajstić information content (AvgIpc) is 2.76. The molecule has 0 bridgehead atoms. The largest absolute Gasteiger partial charge is 0.496 e. The summed E-state index contributed by atoms with van der Waals surface area (Å²) in [5.74, 6) is 0.889. The number of benzene rings is 1. The zero-order chi connectivity index (χ0) is 14.7. The summed E-state index contributed by atoms with van der Waals surface area (Å²) in [6.45, 7) is 4.32. The highest BCUT2D eigenvalue weighted by Crippen LogP contribution is 2.31. The molecule has 2 rings (SSSR count). The van der Waals surface area contributed by atoms with Gasteiger partial charge in [-0.15, -0.1) is 11.3 Å². The zero-order valence-corrected chi connectivity index (χ0v) is 13.9. The SMILES string of the molecule is CNC(Cc1cc(Cl)ccc1OC)c1cc(C)c(C)s1. The monoisotopic (exact) mass is 309 g/mol. The first-order valence-electron chi connectivity index (χ1n) is 6.61. The number of halogens is 1. The predicted molar refractivity (Wildman–Crippen MR) is 87.3 cm³/mol. The molecule has 20 heavy (non-hydrogen) atoms. The molecule has 0 saturated carbocycles. The smallest absolute Gasteiger partial charge is 0.122 e. The van der Waals surface area contributed by atoms with Crippen molar-refractivity contribution in [3.63, 3.8) is 0 Å². The molecule has 0 aliphatic heterocycles. The minimum Gasteiger partial charge on any atom is -0.496 e. The van der Waals surface area contributed by atoms with Gasteiger partial charge in [0.25, 0.3) is 0 Å². The van der Waals surface area contributed by atoms with E-state index in [9.17, 15) is 0 Å². The second kappa shape index (κ2) is 6.61. The molecule has 1 aromatic heterocycles. The number of hydrogen-bond acceptors (Lipinski definition) is 3. The number of aryl methyl sites for hydroxylation is 2. The highest BCUT2D eigenvalue weighted by atomic mass is 35.5. The number of nitrogens with one attached hydrogen (secondary N) is 1. The fourth-order valence-corrected chi connectivity index (χ4v) is 3.59. The molecule has 0 aliphatic rings. The van der Waals surface area contributed by atoms with Crippen LogP contribution in [0.2, 0.25) is 5.02 Å². The van der Waals surface area contributed by atoms with Gasteiger partial charge in [0.2, 0.25) is 0 Å². The first kappa shape index (κ1) is 15.4. The van der Waals surface area contributed by atoms with Gasteiger partial charge < -0.3 is 10.1 Å². The lowest BCUT2D eigenvalue weighted by Crippen LogP contribution is -2.18. The lowest BCUT2D eigenvalue weighted by atomic mass is 10.0. The van der Waals surface area contributed by atoms with Crippen molar-refractivity contribution in [3.05, 3.63) is 50.2 Å². The van der Waals surface area contributed by atoms with E-state index in [4.69, 9.17) is 16.3 Å². The van der Waals surface area contributed by atoms with Crippen molar-refractivity contribution in [2.45, 2.75) is 26.3 Å². The summed E-state index contributed by atoms with van der Waals surface area (Å²) in [4.78, 5) is 2.72. The standard InChI is InChI=1S/C16H20ClNOS/c1-10-7-16(20-11(10)2)14(18-3)9-12-8-13(17)5-6-15(12)19-4/h5-8,14,18H,9H2,1-4H3. The maximum absolute atomic E-state index is 6.10. The van der Waals surface area contributed by atoms with E-state index in [1.54, 1.807) is 7.11 Å². The van der Waals surface area contributed by atoms with Gasteiger partial charge in [0.1, 0.15) is 5.75 Å². The van der Waals surface area contributed by atoms with Crippen LogP contribution in [0, 0.1) is 13.8 Å². The minimum atomic E-state index is 0.278. The summed E-state index contributed by atoms with van der Waals surface area (Å²) < 4.78 is 5.43. The maximum atomic E-state index is 6.10. The Balaban J connectivity index is 2.28. The fourth-order valence-electron chi connectivity index (χ4n) is 2.24. The molecule has 1 N–H and O–H groups in total. The zero-order valence-electron chi connectivity index (χ0n) is 12.3. The summed E-state index contributed by atoms with van der Waals surface area (Å²) >= 11 is 7.95. The van der Waals surface area contributed by atoms with Crippen LogP contribution in [0.5, 0.6) is 5.75 Å². The summed E-state index contributed by atoms with van der Waals surface area (Å²) in [6, 6.07) is 8.31. The molecule has 1 unspecified atom stereocenters. The molecule has 0 fully saturated rings. The van der Waals surface area contributed by atoms with Crippen molar-refractivity contribution >= 4 is 22.9 Å². The quantitative estimate of drug-likeness (QED) is 0.876. The van der Waals surface area contributed by atoms with E-state index in [0.717, 1.165) is 22.8 Å². The van der Waals surface area contributed by atoms with Crippen molar-refractivity contribution in [1.82, 2.24) is 5.32 Å². The van der Waals surface area contributed by atoms with Gasteiger partial charge in [0.15, 0.2) is 0 Å². The van der Waals surface area contributed by atoms with E-state index in [1.807, 2.05) is 36.6 Å². The number of methoxy groups -OCH3 is 1. The van der Waals surface area contributed by atoms with Crippen LogP contribution < -0.4 is 10.1 Å². The van der Waals surface area contributed by atoms with Crippen LogP contribution in [0.3, 0.4) is 0 Å². The van der Waals surface area contributed by atoms with Gasteiger partial charge >= 0.3 is 0 Å². The Morgan fingerprint density at radius 2 is 2.05 bits per heavy atom. The Morgan fingerprint density at radius 1 is 1.30 bits per heavy atom. The van der Waals surface area contributed by atoms with Crippen LogP contribution in [0.25, 0.3) is 0 Å². The van der Waals surface area contributed by atoms with Crippen molar-refractivity contribution in [2.75, 3.05) is 14.2 Å². The second-order valence-electron chi connectivity index (χ2n) is 4.89. The van der Waals surface area contributed by atoms with Gasteiger partial charge in [0.05, 0.1) is 7.11 Å². The van der Waals surface area contributed by atoms with Crippen LogP contribution >= 0.6 is 22.9 Å². The predicted octanol–water partition coefficient (Wildman–Crippen LogP) is 4.53. The highest BCUT2D eigenvalue weighted by Gasteiger charge is 2.16. The Bertz CT molecular complexity index is 575. The summed E-state index contributed by atoms with van der Waals surface area (Å²) in [5, 5.41) is 4.13. The van der Waals surface area contributed by atoms with Crippen LogP contribution in [0.1, 0.15) is 26.9 Å². The van der Waals surface area contributed by atoms with Gasteiger partial charge in [-0.3, -0.25) is 0 Å². The highest BCUT2D eigenvalue weighted by molar-refractivity contribution is 7.12. The molecule has 0 aliphatic carbocycles. The molecule has 4 heteroatoms. The third-order valence-corrected chi connectivity index (χ3v) is 5.04.